The fraction of sp³-hybridized carbons (Fsp3) is 1.00. The van der Waals surface area contributed by atoms with Gasteiger partial charge in [-0.15, -0.1) is 34.8 Å². The summed E-state index contributed by atoms with van der Waals surface area (Å²) in [6.07, 6.45) is -0.453. The fourth-order valence-electron chi connectivity index (χ4n) is 1.20. The number of halogens is 3. The van der Waals surface area contributed by atoms with Crippen molar-refractivity contribution in [1.29, 1.82) is 0 Å². The van der Waals surface area contributed by atoms with Crippen molar-refractivity contribution in [2.24, 2.45) is 0 Å². The van der Waals surface area contributed by atoms with Gasteiger partial charge in [-0.05, 0) is 0 Å². The highest BCUT2D eigenvalue weighted by atomic mass is 35.5. The summed E-state index contributed by atoms with van der Waals surface area (Å²) in [4.78, 5) is 0. The number of ether oxygens (including phenoxy) is 1. The van der Waals surface area contributed by atoms with Crippen molar-refractivity contribution in [2.45, 2.75) is 16.9 Å². The zero-order chi connectivity index (χ0) is 10.8. The van der Waals surface area contributed by atoms with Crippen LogP contribution in [0.3, 0.4) is 0 Å². The van der Waals surface area contributed by atoms with Gasteiger partial charge in [0.05, 0.1) is 35.0 Å². The van der Waals surface area contributed by atoms with Crippen LogP contribution in [0.2, 0.25) is 0 Å². The Hall–Kier alpha value is 0.780. The van der Waals surface area contributed by atoms with Crippen LogP contribution in [0.15, 0.2) is 0 Å². The molecule has 0 aliphatic carbocycles. The van der Waals surface area contributed by atoms with Crippen molar-refractivity contribution in [3.8, 4) is 0 Å². The van der Waals surface area contributed by atoms with E-state index in [1.807, 2.05) is 0 Å². The van der Waals surface area contributed by atoms with Crippen LogP contribution in [0.25, 0.3) is 0 Å². The van der Waals surface area contributed by atoms with Crippen molar-refractivity contribution in [1.82, 2.24) is 0 Å². The van der Waals surface area contributed by atoms with E-state index in [0.717, 1.165) is 0 Å². The Bertz CT molecular complexity index is 280. The quantitative estimate of drug-likeness (QED) is 0.729. The summed E-state index contributed by atoms with van der Waals surface area (Å²) in [5.74, 6) is 0.230. The van der Waals surface area contributed by atoms with Gasteiger partial charge in [0.2, 0.25) is 0 Å². The molecule has 14 heavy (non-hydrogen) atoms. The lowest BCUT2D eigenvalue weighted by Gasteiger charge is -2.14. The van der Waals surface area contributed by atoms with Gasteiger partial charge in [-0.1, -0.05) is 0 Å². The van der Waals surface area contributed by atoms with Crippen molar-refractivity contribution >= 4 is 44.6 Å². The number of hydrogen-bond acceptors (Lipinski definition) is 3. The molecule has 0 saturated carbocycles. The highest BCUT2D eigenvalue weighted by Gasteiger charge is 2.37. The summed E-state index contributed by atoms with van der Waals surface area (Å²) in [6.45, 7) is 0.231. The first-order valence-electron chi connectivity index (χ1n) is 4.11. The topological polar surface area (TPSA) is 43.4 Å². The first-order chi connectivity index (χ1) is 6.44. The minimum atomic E-state index is -3.03. The largest absolute Gasteiger partial charge is 0.374 e. The van der Waals surface area contributed by atoms with E-state index in [1.54, 1.807) is 0 Å². The Labute approximate surface area is 98.6 Å². The van der Waals surface area contributed by atoms with Gasteiger partial charge in [-0.25, -0.2) is 8.42 Å². The minimum absolute atomic E-state index is 0.0208. The maximum absolute atomic E-state index is 11.1. The highest BCUT2D eigenvalue weighted by Crippen LogP contribution is 2.21. The first kappa shape index (κ1) is 12.8. The molecule has 1 aliphatic heterocycles. The molecule has 1 saturated heterocycles. The van der Waals surface area contributed by atoms with Gasteiger partial charge < -0.3 is 4.74 Å². The molecule has 0 bridgehead atoms. The van der Waals surface area contributed by atoms with Crippen molar-refractivity contribution in [3.63, 3.8) is 0 Å². The van der Waals surface area contributed by atoms with E-state index >= 15 is 0 Å². The molecule has 84 valence electrons. The third-order valence-corrected chi connectivity index (χ3v) is 5.03. The molecular weight excluding hydrogens is 270 g/mol. The van der Waals surface area contributed by atoms with Gasteiger partial charge in [-0.3, -0.25) is 0 Å². The minimum Gasteiger partial charge on any atom is -0.374 e. The smallest absolute Gasteiger partial charge is 0.154 e. The predicted octanol–water partition coefficient (Wildman–Crippen LogP) is 1.25. The Kier molecular flexibility index (Phi) is 4.78. The molecule has 1 heterocycles. The summed E-state index contributed by atoms with van der Waals surface area (Å²) >= 11 is 17.0. The highest BCUT2D eigenvalue weighted by molar-refractivity contribution is 7.91. The molecule has 1 fully saturated rings. The Balaban J connectivity index is 2.40. The van der Waals surface area contributed by atoms with Gasteiger partial charge in [0.25, 0.3) is 0 Å². The van der Waals surface area contributed by atoms with Gasteiger partial charge in [0.15, 0.2) is 9.84 Å². The van der Waals surface area contributed by atoms with Gasteiger partial charge >= 0.3 is 0 Å². The SMILES string of the molecule is O=S1(=O)C[C@H](OC[C@H](Cl)CCl)[C@@H](Cl)C1. The van der Waals surface area contributed by atoms with E-state index in [0.29, 0.717) is 0 Å². The first-order valence-corrected chi connectivity index (χ1v) is 7.33. The second-order valence-corrected chi connectivity index (χ2v) is 6.86. The van der Waals surface area contributed by atoms with Crippen LogP contribution in [0.4, 0.5) is 0 Å². The molecule has 1 aliphatic rings. The summed E-state index contributed by atoms with van der Waals surface area (Å²) in [5, 5.41) is -0.775. The monoisotopic (exact) mass is 280 g/mol. The maximum atomic E-state index is 11.1. The van der Waals surface area contributed by atoms with Crippen LogP contribution in [0, 0.1) is 0 Å². The van der Waals surface area contributed by atoms with Crippen LogP contribution in [-0.2, 0) is 14.6 Å². The summed E-state index contributed by atoms with van der Waals surface area (Å²) in [6, 6.07) is 0. The van der Waals surface area contributed by atoms with E-state index < -0.39 is 21.3 Å². The standard InChI is InChI=1S/C7H11Cl3O3S/c8-1-5(9)2-13-7-4-14(11,12)3-6(7)10/h5-7H,1-4H2/t5-,6+,7+/m1/s1. The van der Waals surface area contributed by atoms with E-state index in [2.05, 4.69) is 0 Å². The number of hydrogen-bond donors (Lipinski definition) is 0. The zero-order valence-corrected chi connectivity index (χ0v) is 10.4. The summed E-state index contributed by atoms with van der Waals surface area (Å²) in [7, 11) is -3.03. The molecule has 0 amide bonds. The lowest BCUT2D eigenvalue weighted by atomic mass is 10.3. The molecule has 7 heteroatoms. The molecule has 0 aromatic heterocycles. The zero-order valence-electron chi connectivity index (χ0n) is 7.33. The maximum Gasteiger partial charge on any atom is 0.154 e. The third-order valence-electron chi connectivity index (χ3n) is 1.89. The van der Waals surface area contributed by atoms with Crippen LogP contribution in [0.1, 0.15) is 0 Å². The molecule has 0 spiro atoms. The fourth-order valence-corrected chi connectivity index (χ4v) is 3.87. The van der Waals surface area contributed by atoms with E-state index in [-0.39, 0.29) is 29.4 Å². The summed E-state index contributed by atoms with van der Waals surface area (Å²) in [5.41, 5.74) is 0. The van der Waals surface area contributed by atoms with E-state index in [4.69, 9.17) is 39.5 Å². The van der Waals surface area contributed by atoms with Crippen LogP contribution in [-0.4, -0.2) is 49.3 Å². The Morgan fingerprint density at radius 3 is 2.50 bits per heavy atom. The van der Waals surface area contributed by atoms with Crippen LogP contribution in [0.5, 0.6) is 0 Å². The normalized spacial score (nSPS) is 33.1. The molecule has 3 atom stereocenters. The molecule has 0 radical (unpaired) electrons. The third kappa shape index (κ3) is 3.74. The lowest BCUT2D eigenvalue weighted by Crippen LogP contribution is -2.26. The Morgan fingerprint density at radius 1 is 1.43 bits per heavy atom. The number of rotatable bonds is 4. The number of alkyl halides is 3. The van der Waals surface area contributed by atoms with Crippen molar-refractivity contribution in [2.75, 3.05) is 24.0 Å². The molecule has 1 rings (SSSR count). The molecule has 3 nitrogen and oxygen atoms in total. The average Bonchev–Trinajstić information content (AvgIpc) is 2.35. The molecular formula is C7H11Cl3O3S. The second kappa shape index (κ2) is 5.21. The van der Waals surface area contributed by atoms with E-state index in [1.165, 1.54) is 0 Å². The molecule has 0 N–H and O–H groups in total. The predicted molar refractivity (Wildman–Crippen MR) is 58.4 cm³/mol. The van der Waals surface area contributed by atoms with E-state index in [9.17, 15) is 8.42 Å². The van der Waals surface area contributed by atoms with Crippen LogP contribution >= 0.6 is 34.8 Å². The average molecular weight is 282 g/mol. The number of sulfone groups is 1. The van der Waals surface area contributed by atoms with Gasteiger partial charge in [-0.2, -0.15) is 0 Å². The molecule has 0 aromatic rings. The molecule has 0 aromatic carbocycles. The summed E-state index contributed by atoms with van der Waals surface area (Å²) < 4.78 is 27.6. The van der Waals surface area contributed by atoms with Crippen LogP contribution < -0.4 is 0 Å². The molecule has 0 unspecified atom stereocenters. The van der Waals surface area contributed by atoms with Crippen molar-refractivity contribution in [3.05, 3.63) is 0 Å². The second-order valence-electron chi connectivity index (χ2n) is 3.22. The van der Waals surface area contributed by atoms with Gasteiger partial charge in [0.1, 0.15) is 0 Å². The van der Waals surface area contributed by atoms with Crippen molar-refractivity contribution < 1.29 is 13.2 Å². The lowest BCUT2D eigenvalue weighted by molar-refractivity contribution is 0.0757. The van der Waals surface area contributed by atoms with Gasteiger partial charge in [0, 0.05) is 5.88 Å². The Morgan fingerprint density at radius 2 is 2.07 bits per heavy atom.